The van der Waals surface area contributed by atoms with E-state index in [-0.39, 0.29) is 17.2 Å². The molecule has 3 N–H and O–H groups in total. The lowest BCUT2D eigenvalue weighted by Gasteiger charge is -2.12. The number of halogens is 2. The second-order valence-corrected chi connectivity index (χ2v) is 7.09. The van der Waals surface area contributed by atoms with Crippen molar-refractivity contribution in [2.24, 2.45) is 0 Å². The van der Waals surface area contributed by atoms with Crippen molar-refractivity contribution in [1.82, 2.24) is 0 Å². The second-order valence-electron chi connectivity index (χ2n) is 6.28. The molecule has 31 heavy (non-hydrogen) atoms. The van der Waals surface area contributed by atoms with Gasteiger partial charge in [-0.15, -0.1) is 0 Å². The molecule has 0 bridgehead atoms. The summed E-state index contributed by atoms with van der Waals surface area (Å²) in [6.07, 6.45) is -2.91. The van der Waals surface area contributed by atoms with Crippen LogP contribution in [0.2, 0.25) is 10.0 Å². The third-order valence-electron chi connectivity index (χ3n) is 4.08. The van der Waals surface area contributed by atoms with E-state index in [4.69, 9.17) is 38.2 Å². The third-order valence-corrected chi connectivity index (χ3v) is 4.77. The molecule has 3 rings (SSSR count). The summed E-state index contributed by atoms with van der Waals surface area (Å²) in [5.41, 5.74) is 1.43. The third kappa shape index (κ3) is 7.38. The first kappa shape index (κ1) is 24.4. The van der Waals surface area contributed by atoms with E-state index in [1.54, 1.807) is 36.4 Å². The highest BCUT2D eigenvalue weighted by atomic mass is 35.5. The Bertz CT molecular complexity index is 1010. The molecule has 0 radical (unpaired) electrons. The maximum absolute atomic E-state index is 11.7. The fraction of sp³-hybridized carbons (Fsp3) is 0.130. The van der Waals surface area contributed by atoms with Crippen LogP contribution in [0.15, 0.2) is 78.9 Å². The normalized spacial score (nSPS) is 12.1. The van der Waals surface area contributed by atoms with Crippen LogP contribution in [0.5, 0.6) is 0 Å². The molecule has 2 atom stereocenters. The van der Waals surface area contributed by atoms with Gasteiger partial charge in [-0.1, -0.05) is 89.9 Å². The van der Waals surface area contributed by atoms with Crippen LogP contribution in [0.1, 0.15) is 28.9 Å². The Morgan fingerprint density at radius 3 is 1.68 bits per heavy atom. The van der Waals surface area contributed by atoms with Crippen molar-refractivity contribution in [3.05, 3.63) is 106 Å². The van der Waals surface area contributed by atoms with E-state index in [0.717, 1.165) is 5.56 Å². The number of carbonyl (C=O) groups is 2. The molecule has 1 unspecified atom stereocenters. The van der Waals surface area contributed by atoms with Gasteiger partial charge < -0.3 is 20.1 Å². The number of aliphatic hydroxyl groups is 2. The highest BCUT2D eigenvalue weighted by Crippen LogP contribution is 2.24. The zero-order valence-electron chi connectivity index (χ0n) is 16.2. The number of rotatable bonds is 6. The van der Waals surface area contributed by atoms with E-state index in [1.807, 2.05) is 30.3 Å². The van der Waals surface area contributed by atoms with E-state index < -0.39 is 24.1 Å². The summed E-state index contributed by atoms with van der Waals surface area (Å²) in [6, 6.07) is 22.2. The number of carbonyl (C=O) groups excluding carboxylic acids is 1. The highest BCUT2D eigenvalue weighted by molar-refractivity contribution is 6.31. The Balaban J connectivity index is 0.000000245. The zero-order chi connectivity index (χ0) is 22.8. The molecule has 0 fully saturated rings. The molecule has 162 valence electrons. The molecule has 0 aromatic heterocycles. The van der Waals surface area contributed by atoms with Crippen molar-refractivity contribution in [2.75, 3.05) is 0 Å². The minimum atomic E-state index is -1.54. The number of aliphatic hydroxyl groups excluding tert-OH is 2. The highest BCUT2D eigenvalue weighted by Gasteiger charge is 2.21. The Hall–Kier alpha value is -2.90. The minimum Gasteiger partial charge on any atom is -0.479 e. The zero-order valence-corrected chi connectivity index (χ0v) is 17.7. The van der Waals surface area contributed by atoms with Crippen molar-refractivity contribution < 1.29 is 29.6 Å². The summed E-state index contributed by atoms with van der Waals surface area (Å²) >= 11 is 11.6. The monoisotopic (exact) mass is 462 g/mol. The number of aliphatic carboxylic acids is 1. The van der Waals surface area contributed by atoms with Crippen LogP contribution in [0, 0.1) is 0 Å². The van der Waals surface area contributed by atoms with Crippen molar-refractivity contribution in [3.8, 4) is 0 Å². The number of ether oxygens (including phenoxy) is 1. The summed E-state index contributed by atoms with van der Waals surface area (Å²) in [6.45, 7) is 0.126. The second kappa shape index (κ2) is 12.1. The standard InChI is InChI=1S/C15H13ClO3.C8H7ClO3/c16-13-9-5-4-8-12(13)14(17)15(18)19-10-11-6-2-1-3-7-11;9-6-4-2-1-3-5(6)7(10)8(11)12/h1-9,14,17H,10H2;1-4,7,10H,(H,11,12)/t;7-/m.1/s1. The summed E-state index contributed by atoms with van der Waals surface area (Å²) in [5, 5.41) is 28.0. The average molecular weight is 463 g/mol. The maximum Gasteiger partial charge on any atom is 0.340 e. The Morgan fingerprint density at radius 1 is 0.742 bits per heavy atom. The molecule has 3 aromatic rings. The molecule has 0 heterocycles. The summed E-state index contributed by atoms with van der Waals surface area (Å²) in [7, 11) is 0. The Morgan fingerprint density at radius 2 is 1.19 bits per heavy atom. The number of carboxylic acids is 1. The first-order chi connectivity index (χ1) is 14.8. The first-order valence-corrected chi connectivity index (χ1v) is 9.85. The number of carboxylic acid groups (broad SMARTS) is 1. The molecule has 0 aliphatic carbocycles. The van der Waals surface area contributed by atoms with E-state index in [9.17, 15) is 14.7 Å². The van der Waals surface area contributed by atoms with Crippen LogP contribution >= 0.6 is 23.2 Å². The minimum absolute atomic E-state index is 0.126. The lowest BCUT2D eigenvalue weighted by molar-refractivity contribution is -0.155. The van der Waals surface area contributed by atoms with Gasteiger partial charge in [-0.25, -0.2) is 9.59 Å². The van der Waals surface area contributed by atoms with Crippen LogP contribution in [0.25, 0.3) is 0 Å². The smallest absolute Gasteiger partial charge is 0.340 e. The van der Waals surface area contributed by atoms with Crippen LogP contribution in [-0.4, -0.2) is 27.3 Å². The van der Waals surface area contributed by atoms with Crippen LogP contribution in [0.4, 0.5) is 0 Å². The molecule has 0 aliphatic rings. The van der Waals surface area contributed by atoms with E-state index in [1.165, 1.54) is 12.1 Å². The van der Waals surface area contributed by atoms with Gasteiger partial charge in [0, 0.05) is 21.2 Å². The molecule has 0 aliphatic heterocycles. The van der Waals surface area contributed by atoms with Gasteiger partial charge in [0.05, 0.1) is 0 Å². The Labute approximate surface area is 189 Å². The van der Waals surface area contributed by atoms with Gasteiger partial charge >= 0.3 is 11.9 Å². The molecule has 0 saturated carbocycles. The lowest BCUT2D eigenvalue weighted by atomic mass is 10.1. The number of benzene rings is 3. The van der Waals surface area contributed by atoms with Crippen LogP contribution < -0.4 is 0 Å². The Kier molecular flexibility index (Phi) is 9.49. The van der Waals surface area contributed by atoms with Crippen LogP contribution in [0.3, 0.4) is 0 Å². The van der Waals surface area contributed by atoms with Gasteiger partial charge in [0.15, 0.2) is 12.2 Å². The summed E-state index contributed by atoms with van der Waals surface area (Å²) in [5.74, 6) is -2.01. The van der Waals surface area contributed by atoms with E-state index in [2.05, 4.69) is 0 Å². The number of hydrogen-bond donors (Lipinski definition) is 3. The van der Waals surface area contributed by atoms with Crippen molar-refractivity contribution >= 4 is 35.1 Å². The molecule has 0 amide bonds. The lowest BCUT2D eigenvalue weighted by Crippen LogP contribution is -2.15. The predicted molar refractivity (Wildman–Crippen MR) is 117 cm³/mol. The summed E-state index contributed by atoms with van der Waals surface area (Å²) in [4.78, 5) is 22.1. The fourth-order valence-electron chi connectivity index (χ4n) is 2.46. The van der Waals surface area contributed by atoms with Crippen LogP contribution in [-0.2, 0) is 20.9 Å². The quantitative estimate of drug-likeness (QED) is 0.463. The van der Waals surface area contributed by atoms with Gasteiger partial charge in [-0.3, -0.25) is 0 Å². The predicted octanol–water partition coefficient (Wildman–Crippen LogP) is 4.57. The molecule has 3 aromatic carbocycles. The van der Waals surface area contributed by atoms with Crippen molar-refractivity contribution in [2.45, 2.75) is 18.8 Å². The molecule has 8 heteroatoms. The number of esters is 1. The van der Waals surface area contributed by atoms with E-state index in [0.29, 0.717) is 10.6 Å². The largest absolute Gasteiger partial charge is 0.479 e. The van der Waals surface area contributed by atoms with Gasteiger partial charge in [-0.05, 0) is 17.7 Å². The SMILES string of the molecule is O=C(O)[C@H](O)c1ccccc1Cl.O=C(OCc1ccccc1)C(O)c1ccccc1Cl. The van der Waals surface area contributed by atoms with Crippen molar-refractivity contribution in [3.63, 3.8) is 0 Å². The molecule has 0 saturated heterocycles. The molecular formula is C23H20Cl2O6. The van der Waals surface area contributed by atoms with Gasteiger partial charge in [0.25, 0.3) is 0 Å². The fourth-order valence-corrected chi connectivity index (χ4v) is 2.94. The topological polar surface area (TPSA) is 104 Å². The average Bonchev–Trinajstić information content (AvgIpc) is 2.78. The van der Waals surface area contributed by atoms with Gasteiger partial charge in [0.1, 0.15) is 6.61 Å². The maximum atomic E-state index is 11.7. The molecule has 0 spiro atoms. The molecule has 6 nitrogen and oxygen atoms in total. The summed E-state index contributed by atoms with van der Waals surface area (Å²) < 4.78 is 5.05. The first-order valence-electron chi connectivity index (χ1n) is 9.09. The molecular weight excluding hydrogens is 443 g/mol. The van der Waals surface area contributed by atoms with E-state index >= 15 is 0 Å². The van der Waals surface area contributed by atoms with Crippen molar-refractivity contribution in [1.29, 1.82) is 0 Å². The van der Waals surface area contributed by atoms with Gasteiger partial charge in [-0.2, -0.15) is 0 Å². The van der Waals surface area contributed by atoms with Gasteiger partial charge in [0.2, 0.25) is 0 Å². The number of hydrogen-bond acceptors (Lipinski definition) is 5.